The van der Waals surface area contributed by atoms with Gasteiger partial charge in [-0.25, -0.2) is 0 Å². The normalized spacial score (nSPS) is 17.1. The fourth-order valence-corrected chi connectivity index (χ4v) is 3.04. The Morgan fingerprint density at radius 3 is 2.04 bits per heavy atom. The average Bonchev–Trinajstić information content (AvgIpc) is 3.16. The zero-order valence-corrected chi connectivity index (χ0v) is 16.6. The molecule has 2 aromatic rings. The molecule has 1 aromatic carbocycles. The number of aliphatic hydroxyl groups is 1. The molecule has 0 radical (unpaired) electrons. The molecular weight excluding hydrogens is 346 g/mol. The maximum atomic E-state index is 11.3. The molecule has 0 fully saturated rings. The summed E-state index contributed by atoms with van der Waals surface area (Å²) in [5.74, 6) is 1.03. The summed E-state index contributed by atoms with van der Waals surface area (Å²) in [6, 6.07) is 9.29. The van der Waals surface area contributed by atoms with Gasteiger partial charge in [0.15, 0.2) is 17.4 Å². The molecule has 0 aliphatic heterocycles. The molecule has 1 aromatic heterocycles. The summed E-state index contributed by atoms with van der Waals surface area (Å²) in [7, 11) is 3.18. The minimum Gasteiger partial charge on any atom is -0.383 e. The third-order valence-corrected chi connectivity index (χ3v) is 4.67. The lowest BCUT2D eigenvalue weighted by Crippen LogP contribution is -2.43. The molecule has 4 atom stereocenters. The first kappa shape index (κ1) is 21.2. The van der Waals surface area contributed by atoms with Crippen LogP contribution in [-0.2, 0) is 19.9 Å². The molecule has 148 valence electrons. The van der Waals surface area contributed by atoms with Gasteiger partial charge in [0, 0.05) is 20.8 Å². The lowest BCUT2D eigenvalue weighted by molar-refractivity contribution is -0.150. The van der Waals surface area contributed by atoms with Crippen LogP contribution in [0.3, 0.4) is 0 Å². The minimum atomic E-state index is -1.33. The molecule has 0 saturated carbocycles. The van der Waals surface area contributed by atoms with Crippen molar-refractivity contribution in [2.45, 2.75) is 44.8 Å². The van der Waals surface area contributed by atoms with E-state index in [2.05, 4.69) is 16.8 Å². The second-order valence-corrected chi connectivity index (χ2v) is 6.21. The van der Waals surface area contributed by atoms with Gasteiger partial charge >= 0.3 is 0 Å². The highest BCUT2D eigenvalue weighted by Gasteiger charge is 2.44. The molecule has 2 rings (SSSR count). The van der Waals surface area contributed by atoms with Gasteiger partial charge in [0.2, 0.25) is 0 Å². The average molecular weight is 375 g/mol. The Kier molecular flexibility index (Phi) is 7.26. The highest BCUT2D eigenvalue weighted by atomic mass is 16.5. The van der Waals surface area contributed by atoms with Crippen molar-refractivity contribution in [2.75, 3.05) is 20.8 Å². The molecule has 7 heteroatoms. The highest BCUT2D eigenvalue weighted by Crippen LogP contribution is 2.39. The molecule has 4 unspecified atom stereocenters. The van der Waals surface area contributed by atoms with Crippen LogP contribution in [0.15, 0.2) is 43.0 Å². The number of benzene rings is 1. The van der Waals surface area contributed by atoms with E-state index >= 15 is 0 Å². The maximum absolute atomic E-state index is 11.3. The molecule has 1 heterocycles. The highest BCUT2D eigenvalue weighted by molar-refractivity contribution is 5.24. The van der Waals surface area contributed by atoms with Crippen LogP contribution in [0.2, 0.25) is 0 Å². The predicted molar refractivity (Wildman–Crippen MR) is 102 cm³/mol. The van der Waals surface area contributed by atoms with Crippen molar-refractivity contribution < 1.29 is 19.3 Å². The first-order valence-corrected chi connectivity index (χ1v) is 8.98. The van der Waals surface area contributed by atoms with Crippen molar-refractivity contribution in [1.82, 2.24) is 14.8 Å². The molecule has 7 nitrogen and oxygen atoms in total. The zero-order chi connectivity index (χ0) is 20.0. The number of rotatable bonds is 10. The molecule has 0 aliphatic carbocycles. The lowest BCUT2D eigenvalue weighted by atomic mass is 9.97. The third-order valence-electron chi connectivity index (χ3n) is 4.67. The van der Waals surface area contributed by atoms with Gasteiger partial charge < -0.3 is 19.3 Å². The number of ether oxygens (including phenoxy) is 3. The number of aliphatic hydroxyl groups excluding tert-OH is 1. The molecule has 0 spiro atoms. The predicted octanol–water partition coefficient (Wildman–Crippen LogP) is 3.30. The second-order valence-electron chi connectivity index (χ2n) is 6.21. The van der Waals surface area contributed by atoms with Crippen molar-refractivity contribution in [3.63, 3.8) is 0 Å². The summed E-state index contributed by atoms with van der Waals surface area (Å²) >= 11 is 0. The molecule has 0 amide bonds. The topological polar surface area (TPSA) is 78.6 Å². The van der Waals surface area contributed by atoms with E-state index in [9.17, 15) is 5.11 Å². The molecule has 0 saturated heterocycles. The van der Waals surface area contributed by atoms with Gasteiger partial charge in [-0.3, -0.25) is 4.57 Å². The minimum absolute atomic E-state index is 0.343. The Labute approximate surface area is 160 Å². The van der Waals surface area contributed by atoms with Crippen LogP contribution < -0.4 is 0 Å². The van der Waals surface area contributed by atoms with Crippen LogP contribution in [0.1, 0.15) is 56.3 Å². The van der Waals surface area contributed by atoms with Gasteiger partial charge in [0.05, 0.1) is 0 Å². The second kappa shape index (κ2) is 9.23. The molecule has 1 N–H and O–H groups in total. The SMILES string of the molecule is C=CC(OCC)(C(O)c1ccccc1)n1c(C(C)OC)nnc1C(C)OC. The summed E-state index contributed by atoms with van der Waals surface area (Å²) in [6.45, 7) is 9.88. The first-order chi connectivity index (χ1) is 13.0. The van der Waals surface area contributed by atoms with Crippen LogP contribution in [0, 0.1) is 0 Å². The van der Waals surface area contributed by atoms with Crippen molar-refractivity contribution in [3.05, 3.63) is 60.2 Å². The standard InChI is InChI=1S/C20H29N3O4/c1-7-20(27-8-2,17(24)16-12-10-9-11-13-16)23-18(14(3)25-5)21-22-19(23)15(4)26-6/h7,9-15,17,24H,1,8H2,2-6H3. The van der Waals surface area contributed by atoms with Crippen molar-refractivity contribution in [3.8, 4) is 0 Å². The van der Waals surface area contributed by atoms with Crippen molar-refractivity contribution in [1.29, 1.82) is 0 Å². The number of aromatic nitrogens is 3. The summed E-state index contributed by atoms with van der Waals surface area (Å²) in [6.07, 6.45) is -0.219. The van der Waals surface area contributed by atoms with E-state index in [-0.39, 0.29) is 12.2 Å². The van der Waals surface area contributed by atoms with Crippen LogP contribution in [0.5, 0.6) is 0 Å². The molecule has 0 aliphatic rings. The largest absolute Gasteiger partial charge is 0.383 e. The first-order valence-electron chi connectivity index (χ1n) is 8.98. The van der Waals surface area contributed by atoms with E-state index in [1.165, 1.54) is 0 Å². The Balaban J connectivity index is 2.75. The summed E-state index contributed by atoms with van der Waals surface area (Å²) in [4.78, 5) is 0. The van der Waals surface area contributed by atoms with E-state index in [1.54, 1.807) is 24.9 Å². The molecular formula is C20H29N3O4. The summed E-state index contributed by atoms with van der Waals surface area (Å²) in [5.41, 5.74) is -0.643. The van der Waals surface area contributed by atoms with E-state index in [4.69, 9.17) is 14.2 Å². The summed E-state index contributed by atoms with van der Waals surface area (Å²) < 4.78 is 18.8. The van der Waals surface area contributed by atoms with Gasteiger partial charge in [-0.2, -0.15) is 0 Å². The lowest BCUT2D eigenvalue weighted by Gasteiger charge is -2.39. The maximum Gasteiger partial charge on any atom is 0.196 e. The zero-order valence-electron chi connectivity index (χ0n) is 16.6. The van der Waals surface area contributed by atoms with Gasteiger partial charge in [-0.1, -0.05) is 36.9 Å². The third kappa shape index (κ3) is 3.96. The van der Waals surface area contributed by atoms with Crippen LogP contribution >= 0.6 is 0 Å². The monoisotopic (exact) mass is 375 g/mol. The van der Waals surface area contributed by atoms with Gasteiger partial charge in [-0.05, 0) is 32.4 Å². The van der Waals surface area contributed by atoms with E-state index in [1.807, 2.05) is 51.1 Å². The Morgan fingerprint density at radius 2 is 1.63 bits per heavy atom. The Hall–Kier alpha value is -2.06. The van der Waals surface area contributed by atoms with Crippen LogP contribution in [0.25, 0.3) is 0 Å². The van der Waals surface area contributed by atoms with Crippen molar-refractivity contribution >= 4 is 0 Å². The fourth-order valence-electron chi connectivity index (χ4n) is 3.04. The number of methoxy groups -OCH3 is 2. The van der Waals surface area contributed by atoms with E-state index in [0.29, 0.717) is 23.8 Å². The van der Waals surface area contributed by atoms with Gasteiger partial charge in [0.25, 0.3) is 0 Å². The Bertz CT molecular complexity index is 707. The van der Waals surface area contributed by atoms with Crippen LogP contribution in [-0.4, -0.2) is 40.7 Å². The number of nitrogens with zero attached hydrogens (tertiary/aromatic N) is 3. The number of hydrogen-bond acceptors (Lipinski definition) is 6. The van der Waals surface area contributed by atoms with Crippen LogP contribution in [0.4, 0.5) is 0 Å². The molecule has 0 bridgehead atoms. The number of hydrogen-bond donors (Lipinski definition) is 1. The van der Waals surface area contributed by atoms with E-state index in [0.717, 1.165) is 0 Å². The fraction of sp³-hybridized carbons (Fsp3) is 0.500. The van der Waals surface area contributed by atoms with E-state index < -0.39 is 11.8 Å². The van der Waals surface area contributed by atoms with Crippen molar-refractivity contribution in [2.24, 2.45) is 0 Å². The Morgan fingerprint density at radius 1 is 1.11 bits per heavy atom. The molecule has 27 heavy (non-hydrogen) atoms. The van der Waals surface area contributed by atoms with Gasteiger partial charge in [0.1, 0.15) is 18.3 Å². The smallest absolute Gasteiger partial charge is 0.196 e. The van der Waals surface area contributed by atoms with Gasteiger partial charge in [-0.15, -0.1) is 10.2 Å². The quantitative estimate of drug-likeness (QED) is 0.642. The summed E-state index contributed by atoms with van der Waals surface area (Å²) in [5, 5.41) is 19.9.